The van der Waals surface area contributed by atoms with Crippen LogP contribution in [0.5, 0.6) is 0 Å². The Morgan fingerprint density at radius 3 is 2.43 bits per heavy atom. The average molecular weight is 316 g/mol. The number of ether oxygens (including phenoxy) is 1. The number of nitrogens with two attached hydrogens (primary N) is 1. The maximum Gasteiger partial charge on any atom is 0.303 e. The highest BCUT2D eigenvalue weighted by Crippen LogP contribution is 2.42. The zero-order valence-electron chi connectivity index (χ0n) is 14.1. The van der Waals surface area contributed by atoms with Crippen LogP contribution in [0, 0.1) is 0 Å². The number of carbonyl (C=O) groups excluding carboxylic acids is 1. The number of esters is 1. The van der Waals surface area contributed by atoms with Gasteiger partial charge in [-0.15, -0.1) is 0 Å². The Morgan fingerprint density at radius 1 is 1.13 bits per heavy atom. The summed E-state index contributed by atoms with van der Waals surface area (Å²) in [5.41, 5.74) is 10.7. The molecule has 4 nitrogen and oxygen atoms in total. The second-order valence-electron chi connectivity index (χ2n) is 7.02. The molecule has 126 valence electrons. The molecule has 1 heterocycles. The highest BCUT2D eigenvalue weighted by atomic mass is 16.5. The average Bonchev–Trinajstić information content (AvgIpc) is 2.95. The van der Waals surface area contributed by atoms with Crippen LogP contribution in [-0.2, 0) is 16.0 Å². The molecule has 3 rings (SSSR count). The van der Waals surface area contributed by atoms with E-state index in [4.69, 9.17) is 10.5 Å². The molecule has 2 aliphatic rings. The quantitative estimate of drug-likeness (QED) is 0.820. The lowest BCUT2D eigenvalue weighted by Crippen LogP contribution is -2.11. The Kier molecular flexibility index (Phi) is 5.19. The van der Waals surface area contributed by atoms with E-state index in [1.165, 1.54) is 69.4 Å². The van der Waals surface area contributed by atoms with Crippen molar-refractivity contribution in [2.45, 2.75) is 83.2 Å². The van der Waals surface area contributed by atoms with Crippen LogP contribution in [0.4, 0.5) is 5.69 Å². The van der Waals surface area contributed by atoms with E-state index in [1.54, 1.807) is 6.20 Å². The number of hydrogen-bond acceptors (Lipinski definition) is 4. The number of carbonyl (C=O) groups is 1. The van der Waals surface area contributed by atoms with E-state index >= 15 is 0 Å². The normalized spacial score (nSPS) is 22.7. The zero-order valence-corrected chi connectivity index (χ0v) is 14.1. The molecule has 1 fully saturated rings. The number of anilines is 1. The van der Waals surface area contributed by atoms with Gasteiger partial charge in [0.1, 0.15) is 6.10 Å². The lowest BCUT2D eigenvalue weighted by Gasteiger charge is -2.22. The molecule has 2 aliphatic carbocycles. The second-order valence-corrected chi connectivity index (χ2v) is 7.02. The Balaban J connectivity index is 1.89. The maximum atomic E-state index is 11.3. The summed E-state index contributed by atoms with van der Waals surface area (Å²) in [7, 11) is 0. The molecular formula is C19H28N2O2. The van der Waals surface area contributed by atoms with Gasteiger partial charge in [-0.1, -0.05) is 38.5 Å². The van der Waals surface area contributed by atoms with Gasteiger partial charge in [0.05, 0.1) is 17.6 Å². The minimum absolute atomic E-state index is 0.182. The molecule has 0 radical (unpaired) electrons. The van der Waals surface area contributed by atoms with Crippen molar-refractivity contribution in [2.75, 3.05) is 5.73 Å². The van der Waals surface area contributed by atoms with E-state index in [0.717, 1.165) is 24.2 Å². The van der Waals surface area contributed by atoms with Gasteiger partial charge in [0, 0.05) is 6.92 Å². The monoisotopic (exact) mass is 316 g/mol. The fourth-order valence-electron chi connectivity index (χ4n) is 4.27. The van der Waals surface area contributed by atoms with Crippen LogP contribution in [0.25, 0.3) is 0 Å². The third-order valence-electron chi connectivity index (χ3n) is 5.32. The highest BCUT2D eigenvalue weighted by molar-refractivity contribution is 5.66. The van der Waals surface area contributed by atoms with Gasteiger partial charge in [0.25, 0.3) is 0 Å². The molecule has 1 aromatic rings. The summed E-state index contributed by atoms with van der Waals surface area (Å²) in [6.45, 7) is 1.47. The predicted octanol–water partition coefficient (Wildman–Crippen LogP) is 4.43. The second kappa shape index (κ2) is 7.33. The smallest absolute Gasteiger partial charge is 0.303 e. The number of nitrogens with zero attached hydrogens (tertiary/aromatic N) is 1. The minimum Gasteiger partial charge on any atom is -0.456 e. The first-order chi connectivity index (χ1) is 11.2. The molecule has 0 aliphatic heterocycles. The molecule has 0 bridgehead atoms. The molecule has 23 heavy (non-hydrogen) atoms. The Hall–Kier alpha value is -1.58. The van der Waals surface area contributed by atoms with Crippen molar-refractivity contribution in [3.63, 3.8) is 0 Å². The van der Waals surface area contributed by atoms with Crippen LogP contribution in [0.2, 0.25) is 0 Å². The molecule has 1 unspecified atom stereocenters. The number of rotatable bonds is 2. The lowest BCUT2D eigenvalue weighted by molar-refractivity contribution is -0.146. The molecule has 1 atom stereocenters. The largest absolute Gasteiger partial charge is 0.456 e. The van der Waals surface area contributed by atoms with E-state index in [1.807, 2.05) is 0 Å². The molecule has 2 N–H and O–H groups in total. The van der Waals surface area contributed by atoms with E-state index in [-0.39, 0.29) is 12.1 Å². The van der Waals surface area contributed by atoms with E-state index in [2.05, 4.69) is 4.98 Å². The number of nitrogen functional groups attached to an aromatic ring is 1. The Labute approximate surface area is 138 Å². The molecule has 1 saturated carbocycles. The van der Waals surface area contributed by atoms with Crippen LogP contribution in [-0.4, -0.2) is 11.0 Å². The first kappa shape index (κ1) is 16.3. The van der Waals surface area contributed by atoms with Gasteiger partial charge in [-0.2, -0.15) is 0 Å². The molecule has 0 saturated heterocycles. The van der Waals surface area contributed by atoms with Crippen LogP contribution in [0.3, 0.4) is 0 Å². The van der Waals surface area contributed by atoms with Gasteiger partial charge in [-0.25, -0.2) is 0 Å². The summed E-state index contributed by atoms with van der Waals surface area (Å²) in [5.74, 6) is 0.311. The fourth-order valence-corrected chi connectivity index (χ4v) is 4.27. The van der Waals surface area contributed by atoms with Gasteiger partial charge in [-0.3, -0.25) is 9.78 Å². The van der Waals surface area contributed by atoms with Crippen molar-refractivity contribution in [3.05, 3.63) is 23.0 Å². The van der Waals surface area contributed by atoms with Gasteiger partial charge in [0.2, 0.25) is 0 Å². The van der Waals surface area contributed by atoms with Gasteiger partial charge in [-0.05, 0) is 42.7 Å². The number of fused-ring (bicyclic) bond motifs is 1. The van der Waals surface area contributed by atoms with Crippen molar-refractivity contribution >= 4 is 11.7 Å². The van der Waals surface area contributed by atoms with Crippen LogP contribution in [0.1, 0.15) is 93.6 Å². The van der Waals surface area contributed by atoms with E-state index < -0.39 is 0 Å². The predicted molar refractivity (Wildman–Crippen MR) is 91.2 cm³/mol. The van der Waals surface area contributed by atoms with Crippen LogP contribution < -0.4 is 5.73 Å². The molecule has 1 aromatic heterocycles. The van der Waals surface area contributed by atoms with Crippen molar-refractivity contribution in [3.8, 4) is 0 Å². The van der Waals surface area contributed by atoms with E-state index in [0.29, 0.717) is 5.92 Å². The number of hydrogen-bond donors (Lipinski definition) is 1. The molecule has 0 spiro atoms. The molecule has 0 aromatic carbocycles. The Morgan fingerprint density at radius 2 is 1.78 bits per heavy atom. The minimum atomic E-state index is -0.231. The third kappa shape index (κ3) is 3.67. The third-order valence-corrected chi connectivity index (χ3v) is 5.32. The summed E-state index contributed by atoms with van der Waals surface area (Å²) >= 11 is 0. The van der Waals surface area contributed by atoms with Crippen molar-refractivity contribution < 1.29 is 9.53 Å². The Bertz CT molecular complexity index is 561. The zero-order chi connectivity index (χ0) is 16.2. The van der Waals surface area contributed by atoms with Crippen molar-refractivity contribution in [1.29, 1.82) is 0 Å². The molecular weight excluding hydrogens is 288 g/mol. The number of aromatic nitrogens is 1. The van der Waals surface area contributed by atoms with Gasteiger partial charge < -0.3 is 10.5 Å². The molecule has 4 heteroatoms. The molecule has 0 amide bonds. The SMILES string of the molecule is CC(=O)OC1CCc2c1ncc(N)c2C1CCCCCCCC1. The standard InChI is InChI=1S/C19H28N2O2/c1-13(22)23-17-11-10-15-18(16(20)12-21-19(15)17)14-8-6-4-2-3-5-7-9-14/h12,14,17H,2-11,20H2,1H3. The van der Waals surface area contributed by atoms with Gasteiger partial charge >= 0.3 is 5.97 Å². The van der Waals surface area contributed by atoms with Crippen molar-refractivity contribution in [1.82, 2.24) is 4.98 Å². The lowest BCUT2D eigenvalue weighted by atomic mass is 9.85. The van der Waals surface area contributed by atoms with Crippen molar-refractivity contribution in [2.24, 2.45) is 0 Å². The summed E-state index contributed by atoms with van der Waals surface area (Å²) in [4.78, 5) is 15.8. The summed E-state index contributed by atoms with van der Waals surface area (Å²) < 4.78 is 5.44. The van der Waals surface area contributed by atoms with Crippen LogP contribution >= 0.6 is 0 Å². The first-order valence-corrected chi connectivity index (χ1v) is 9.11. The summed E-state index contributed by atoms with van der Waals surface area (Å²) in [6, 6.07) is 0. The maximum absolute atomic E-state index is 11.3. The summed E-state index contributed by atoms with van der Waals surface area (Å²) in [6.07, 6.45) is 13.8. The van der Waals surface area contributed by atoms with Gasteiger partial charge in [0.15, 0.2) is 0 Å². The topological polar surface area (TPSA) is 65.2 Å². The summed E-state index contributed by atoms with van der Waals surface area (Å²) in [5, 5.41) is 0. The number of pyridine rings is 1. The first-order valence-electron chi connectivity index (χ1n) is 9.11. The van der Waals surface area contributed by atoms with Crippen LogP contribution in [0.15, 0.2) is 6.20 Å². The van der Waals surface area contributed by atoms with E-state index in [9.17, 15) is 4.79 Å². The highest BCUT2D eigenvalue weighted by Gasteiger charge is 2.31. The fraction of sp³-hybridized carbons (Fsp3) is 0.684.